The number of carbonyl (C=O) groups is 1. The zero-order chi connectivity index (χ0) is 15.7. The number of sulfone groups is 1. The molecule has 0 saturated heterocycles. The van der Waals surface area contributed by atoms with Crippen molar-refractivity contribution >= 4 is 25.1 Å². The van der Waals surface area contributed by atoms with Crippen molar-refractivity contribution in [3.05, 3.63) is 60.2 Å². The van der Waals surface area contributed by atoms with Crippen LogP contribution in [0.5, 0.6) is 0 Å². The van der Waals surface area contributed by atoms with E-state index in [0.717, 1.165) is 24.3 Å². The molecule has 0 aliphatic rings. The van der Waals surface area contributed by atoms with Gasteiger partial charge in [-0.1, -0.05) is 18.2 Å². The van der Waals surface area contributed by atoms with Crippen molar-refractivity contribution in [2.75, 3.05) is 0 Å². The SMILES string of the molecule is O=C(c1ccc(S(=O)(=O)O)cc1)S(=O)(=O)c1ccccc1. The van der Waals surface area contributed by atoms with Crippen LogP contribution < -0.4 is 0 Å². The molecule has 0 fully saturated rings. The average Bonchev–Trinajstić information content (AvgIpc) is 2.46. The molecular formula is C13H10O6S2. The van der Waals surface area contributed by atoms with Crippen LogP contribution in [0.25, 0.3) is 0 Å². The zero-order valence-electron chi connectivity index (χ0n) is 10.5. The van der Waals surface area contributed by atoms with Gasteiger partial charge in [-0.2, -0.15) is 8.42 Å². The van der Waals surface area contributed by atoms with Crippen molar-refractivity contribution in [2.24, 2.45) is 0 Å². The summed E-state index contributed by atoms with van der Waals surface area (Å²) in [4.78, 5) is 11.5. The van der Waals surface area contributed by atoms with Gasteiger partial charge in [0.2, 0.25) is 9.84 Å². The van der Waals surface area contributed by atoms with Gasteiger partial charge in [0.25, 0.3) is 15.2 Å². The fraction of sp³-hybridized carbons (Fsp3) is 0. The first-order valence-corrected chi connectivity index (χ1v) is 8.57. The third kappa shape index (κ3) is 3.18. The van der Waals surface area contributed by atoms with E-state index >= 15 is 0 Å². The summed E-state index contributed by atoms with van der Waals surface area (Å²) in [7, 11) is -8.58. The van der Waals surface area contributed by atoms with Crippen LogP contribution in [0.15, 0.2) is 64.4 Å². The second-order valence-electron chi connectivity index (χ2n) is 4.10. The van der Waals surface area contributed by atoms with E-state index in [1.165, 1.54) is 24.3 Å². The molecule has 0 saturated carbocycles. The van der Waals surface area contributed by atoms with Crippen molar-refractivity contribution in [3.63, 3.8) is 0 Å². The Kier molecular flexibility index (Phi) is 3.95. The minimum Gasteiger partial charge on any atom is -0.282 e. The highest BCUT2D eigenvalue weighted by Crippen LogP contribution is 2.18. The number of carbonyl (C=O) groups excluding carboxylic acids is 1. The average molecular weight is 326 g/mol. The summed E-state index contributed by atoms with van der Waals surface area (Å²) in [6, 6.07) is 11.2. The lowest BCUT2D eigenvalue weighted by Gasteiger charge is -2.04. The predicted molar refractivity (Wildman–Crippen MR) is 74.2 cm³/mol. The van der Waals surface area contributed by atoms with E-state index in [2.05, 4.69) is 0 Å². The lowest BCUT2D eigenvalue weighted by Crippen LogP contribution is -2.15. The Hall–Kier alpha value is -2.03. The van der Waals surface area contributed by atoms with Crippen molar-refractivity contribution in [1.82, 2.24) is 0 Å². The van der Waals surface area contributed by atoms with E-state index in [9.17, 15) is 21.6 Å². The fourth-order valence-electron chi connectivity index (χ4n) is 1.62. The summed E-state index contributed by atoms with van der Waals surface area (Å²) < 4.78 is 54.8. The number of rotatable bonds is 3. The van der Waals surface area contributed by atoms with Gasteiger partial charge in [0.05, 0.1) is 9.79 Å². The van der Waals surface area contributed by atoms with Gasteiger partial charge in [-0.15, -0.1) is 0 Å². The van der Waals surface area contributed by atoms with Crippen molar-refractivity contribution in [1.29, 1.82) is 0 Å². The minimum absolute atomic E-state index is 0.145. The minimum atomic E-state index is -4.39. The first-order valence-electron chi connectivity index (χ1n) is 5.65. The van der Waals surface area contributed by atoms with Crippen LogP contribution in [0.4, 0.5) is 0 Å². The summed E-state index contributed by atoms with van der Waals surface area (Å²) in [5, 5.41) is -1.14. The van der Waals surface area contributed by atoms with E-state index < -0.39 is 30.0 Å². The highest BCUT2D eigenvalue weighted by Gasteiger charge is 2.26. The Morgan fingerprint density at radius 3 is 1.76 bits per heavy atom. The molecule has 0 bridgehead atoms. The van der Waals surface area contributed by atoms with Gasteiger partial charge in [-0.3, -0.25) is 9.35 Å². The maximum Gasteiger partial charge on any atom is 0.294 e. The monoisotopic (exact) mass is 326 g/mol. The Bertz CT molecular complexity index is 866. The van der Waals surface area contributed by atoms with E-state index in [0.29, 0.717) is 0 Å². The molecule has 0 heterocycles. The molecule has 0 radical (unpaired) electrons. The lowest BCUT2D eigenvalue weighted by molar-refractivity contribution is 0.107. The quantitative estimate of drug-likeness (QED) is 0.858. The Balaban J connectivity index is 2.41. The number of hydrogen-bond donors (Lipinski definition) is 1. The van der Waals surface area contributed by atoms with Crippen LogP contribution in [0, 0.1) is 0 Å². The highest BCUT2D eigenvalue weighted by molar-refractivity contribution is 8.06. The highest BCUT2D eigenvalue weighted by atomic mass is 32.2. The van der Waals surface area contributed by atoms with Gasteiger partial charge in [0.15, 0.2) is 0 Å². The zero-order valence-corrected chi connectivity index (χ0v) is 12.1. The summed E-state index contributed by atoms with van der Waals surface area (Å²) in [6.07, 6.45) is 0. The molecular weight excluding hydrogens is 316 g/mol. The molecule has 0 aliphatic heterocycles. The lowest BCUT2D eigenvalue weighted by atomic mass is 10.2. The van der Waals surface area contributed by atoms with Gasteiger partial charge >= 0.3 is 0 Å². The smallest absolute Gasteiger partial charge is 0.282 e. The summed E-state index contributed by atoms with van der Waals surface area (Å²) in [6.45, 7) is 0. The first kappa shape index (κ1) is 15.4. The van der Waals surface area contributed by atoms with E-state index in [-0.39, 0.29) is 10.5 Å². The van der Waals surface area contributed by atoms with Gasteiger partial charge < -0.3 is 0 Å². The fourth-order valence-corrected chi connectivity index (χ4v) is 3.28. The van der Waals surface area contributed by atoms with Crippen LogP contribution >= 0.6 is 0 Å². The van der Waals surface area contributed by atoms with Gasteiger partial charge in [-0.05, 0) is 36.4 Å². The molecule has 2 rings (SSSR count). The molecule has 6 nitrogen and oxygen atoms in total. The van der Waals surface area contributed by atoms with Gasteiger partial charge in [0.1, 0.15) is 0 Å². The molecule has 8 heteroatoms. The molecule has 110 valence electrons. The van der Waals surface area contributed by atoms with Gasteiger partial charge in [0, 0.05) is 5.56 Å². The topological polar surface area (TPSA) is 106 Å². The molecule has 2 aromatic rings. The second-order valence-corrected chi connectivity index (χ2v) is 7.37. The van der Waals surface area contributed by atoms with Crippen LogP contribution in [0.2, 0.25) is 0 Å². The normalized spacial score (nSPS) is 12.0. The largest absolute Gasteiger partial charge is 0.294 e. The second kappa shape index (κ2) is 5.40. The summed E-state index contributed by atoms with van der Waals surface area (Å²) in [5.41, 5.74) is -0.189. The first-order chi connectivity index (χ1) is 9.73. The molecule has 0 amide bonds. The molecule has 0 spiro atoms. The van der Waals surface area contributed by atoms with Crippen molar-refractivity contribution in [3.8, 4) is 0 Å². The number of benzene rings is 2. The Labute approximate surface area is 121 Å². The van der Waals surface area contributed by atoms with Crippen LogP contribution in [-0.4, -0.2) is 26.5 Å². The molecule has 0 aromatic heterocycles. The predicted octanol–water partition coefficient (Wildman–Crippen LogP) is 1.55. The maximum atomic E-state index is 12.1. The molecule has 0 aliphatic carbocycles. The third-order valence-corrected chi connectivity index (χ3v) is 5.17. The van der Waals surface area contributed by atoms with Crippen LogP contribution in [0.1, 0.15) is 10.4 Å². The molecule has 0 unspecified atom stereocenters. The molecule has 0 atom stereocenters. The van der Waals surface area contributed by atoms with Crippen molar-refractivity contribution < 1.29 is 26.2 Å². The third-order valence-electron chi connectivity index (χ3n) is 2.69. The molecule has 21 heavy (non-hydrogen) atoms. The summed E-state index contributed by atoms with van der Waals surface area (Å²) in [5.74, 6) is 0. The molecule has 1 N–H and O–H groups in total. The maximum absolute atomic E-state index is 12.1. The van der Waals surface area contributed by atoms with Crippen LogP contribution in [0.3, 0.4) is 0 Å². The van der Waals surface area contributed by atoms with E-state index in [4.69, 9.17) is 4.55 Å². The molecule has 2 aromatic carbocycles. The van der Waals surface area contributed by atoms with Crippen molar-refractivity contribution in [2.45, 2.75) is 9.79 Å². The van der Waals surface area contributed by atoms with E-state index in [1.807, 2.05) is 0 Å². The van der Waals surface area contributed by atoms with Gasteiger partial charge in [-0.25, -0.2) is 8.42 Å². The Morgan fingerprint density at radius 1 is 0.762 bits per heavy atom. The summed E-state index contributed by atoms with van der Waals surface area (Å²) >= 11 is 0. The van der Waals surface area contributed by atoms with Crippen LogP contribution in [-0.2, 0) is 20.0 Å². The van der Waals surface area contributed by atoms with E-state index in [1.54, 1.807) is 6.07 Å². The number of hydrogen-bond acceptors (Lipinski definition) is 5. The Morgan fingerprint density at radius 2 is 1.29 bits per heavy atom. The standard InChI is InChI=1S/C13H10O6S2/c14-13(20(15,16)11-4-2-1-3-5-11)10-6-8-12(9-7-10)21(17,18)19/h1-9H,(H,17,18,19).